The normalized spacial score (nSPS) is 11.6. The van der Waals surface area contributed by atoms with Crippen LogP contribution in [0.3, 0.4) is 0 Å². The Morgan fingerprint density at radius 2 is 2.12 bits per heavy atom. The van der Waals surface area contributed by atoms with Gasteiger partial charge < -0.3 is 10.4 Å². The van der Waals surface area contributed by atoms with E-state index in [4.69, 9.17) is 11.6 Å². The van der Waals surface area contributed by atoms with Crippen molar-refractivity contribution in [3.63, 3.8) is 0 Å². The molecular formula is C11H16BrClN2O. The highest BCUT2D eigenvalue weighted by Crippen LogP contribution is 2.27. The van der Waals surface area contributed by atoms with Crippen LogP contribution in [0.25, 0.3) is 0 Å². The lowest BCUT2D eigenvalue weighted by molar-refractivity contribution is 0.202. The van der Waals surface area contributed by atoms with Gasteiger partial charge in [-0.25, -0.2) is 4.98 Å². The molecule has 2 N–H and O–H groups in total. The van der Waals surface area contributed by atoms with E-state index in [2.05, 4.69) is 26.2 Å². The third kappa shape index (κ3) is 3.09. The molecule has 1 aromatic rings. The van der Waals surface area contributed by atoms with Crippen molar-refractivity contribution < 1.29 is 5.11 Å². The summed E-state index contributed by atoms with van der Waals surface area (Å²) in [7, 11) is 0. The molecule has 5 heteroatoms. The van der Waals surface area contributed by atoms with E-state index >= 15 is 0 Å². The molecule has 0 aromatic carbocycles. The number of aromatic nitrogens is 1. The Bertz CT molecular complexity index is 348. The van der Waals surface area contributed by atoms with Gasteiger partial charge in [-0.15, -0.1) is 0 Å². The summed E-state index contributed by atoms with van der Waals surface area (Å²) in [5.74, 6) is 0.614. The number of nitrogens with one attached hydrogen (secondary N) is 1. The van der Waals surface area contributed by atoms with Gasteiger partial charge in [-0.2, -0.15) is 0 Å². The van der Waals surface area contributed by atoms with Gasteiger partial charge in [0.05, 0.1) is 17.2 Å². The van der Waals surface area contributed by atoms with Crippen LogP contribution in [-0.4, -0.2) is 22.2 Å². The lowest BCUT2D eigenvalue weighted by Crippen LogP contribution is -2.41. The maximum absolute atomic E-state index is 9.44. The molecule has 0 unspecified atom stereocenters. The topological polar surface area (TPSA) is 45.1 Å². The molecule has 0 amide bonds. The fourth-order valence-corrected chi connectivity index (χ4v) is 2.12. The SMILES string of the molecule is CCC(CC)(CO)Nc1ncc(Br)cc1Cl. The molecular weight excluding hydrogens is 291 g/mol. The van der Waals surface area contributed by atoms with E-state index < -0.39 is 0 Å². The Kier molecular flexibility index (Phi) is 5.02. The van der Waals surface area contributed by atoms with E-state index in [-0.39, 0.29) is 12.1 Å². The molecule has 90 valence electrons. The number of rotatable bonds is 5. The van der Waals surface area contributed by atoms with E-state index in [0.29, 0.717) is 10.8 Å². The van der Waals surface area contributed by atoms with Crippen molar-refractivity contribution in [2.45, 2.75) is 32.2 Å². The minimum atomic E-state index is -0.343. The van der Waals surface area contributed by atoms with E-state index in [0.717, 1.165) is 17.3 Å². The van der Waals surface area contributed by atoms with E-state index in [1.165, 1.54) is 0 Å². The molecule has 0 bridgehead atoms. The van der Waals surface area contributed by atoms with Gasteiger partial charge in [-0.3, -0.25) is 0 Å². The second-order valence-corrected chi connectivity index (χ2v) is 5.08. The van der Waals surface area contributed by atoms with Crippen LogP contribution in [0.2, 0.25) is 5.02 Å². The highest BCUT2D eigenvalue weighted by atomic mass is 79.9. The fraction of sp³-hybridized carbons (Fsp3) is 0.545. The second kappa shape index (κ2) is 5.84. The van der Waals surface area contributed by atoms with Gasteiger partial charge in [0.2, 0.25) is 0 Å². The number of nitrogens with zero attached hydrogens (tertiary/aromatic N) is 1. The Morgan fingerprint density at radius 1 is 1.50 bits per heavy atom. The molecule has 0 spiro atoms. The largest absolute Gasteiger partial charge is 0.394 e. The molecule has 0 aliphatic carbocycles. The molecule has 16 heavy (non-hydrogen) atoms. The zero-order valence-corrected chi connectivity index (χ0v) is 11.8. The standard InChI is InChI=1S/C11H16BrClN2O/c1-3-11(4-2,7-16)15-10-9(13)5-8(12)6-14-10/h5-6,16H,3-4,7H2,1-2H3,(H,14,15). The van der Waals surface area contributed by atoms with E-state index in [1.54, 1.807) is 12.3 Å². The third-order valence-corrected chi connectivity index (χ3v) is 3.57. The molecule has 1 heterocycles. The first-order valence-electron chi connectivity index (χ1n) is 5.27. The Hall–Kier alpha value is -0.320. The first kappa shape index (κ1) is 13.7. The highest BCUT2D eigenvalue weighted by molar-refractivity contribution is 9.10. The monoisotopic (exact) mass is 306 g/mol. The Labute approximate surface area is 109 Å². The minimum absolute atomic E-state index is 0.0636. The molecule has 0 aliphatic heterocycles. The summed E-state index contributed by atoms with van der Waals surface area (Å²) in [6.07, 6.45) is 3.31. The maximum atomic E-state index is 9.44. The molecule has 1 aromatic heterocycles. The predicted octanol–water partition coefficient (Wildman–Crippen LogP) is 3.46. The van der Waals surface area contributed by atoms with E-state index in [9.17, 15) is 5.11 Å². The minimum Gasteiger partial charge on any atom is -0.394 e. The van der Waals surface area contributed by atoms with Crippen LogP contribution < -0.4 is 5.32 Å². The number of halogens is 2. The number of pyridine rings is 1. The molecule has 0 saturated heterocycles. The molecule has 0 fully saturated rings. The van der Waals surface area contributed by atoms with Crippen LogP contribution >= 0.6 is 27.5 Å². The van der Waals surface area contributed by atoms with Gasteiger partial charge in [-0.05, 0) is 34.8 Å². The quantitative estimate of drug-likeness (QED) is 0.875. The lowest BCUT2D eigenvalue weighted by Gasteiger charge is -2.31. The van der Waals surface area contributed by atoms with Crippen molar-refractivity contribution in [3.05, 3.63) is 21.8 Å². The number of aliphatic hydroxyl groups excluding tert-OH is 1. The van der Waals surface area contributed by atoms with Crippen molar-refractivity contribution in [1.29, 1.82) is 0 Å². The lowest BCUT2D eigenvalue weighted by atomic mass is 9.94. The van der Waals surface area contributed by atoms with Crippen molar-refractivity contribution >= 4 is 33.3 Å². The Balaban J connectivity index is 2.93. The van der Waals surface area contributed by atoms with Gasteiger partial charge in [-0.1, -0.05) is 25.4 Å². The van der Waals surface area contributed by atoms with Crippen molar-refractivity contribution in [2.75, 3.05) is 11.9 Å². The number of aliphatic hydroxyl groups is 1. The van der Waals surface area contributed by atoms with Crippen LogP contribution in [0.4, 0.5) is 5.82 Å². The molecule has 3 nitrogen and oxygen atoms in total. The zero-order chi connectivity index (χ0) is 12.2. The smallest absolute Gasteiger partial charge is 0.145 e. The number of hydrogen-bond acceptors (Lipinski definition) is 3. The maximum Gasteiger partial charge on any atom is 0.145 e. The van der Waals surface area contributed by atoms with Crippen LogP contribution in [0.1, 0.15) is 26.7 Å². The molecule has 0 atom stereocenters. The van der Waals surface area contributed by atoms with Gasteiger partial charge in [0.15, 0.2) is 0 Å². The second-order valence-electron chi connectivity index (χ2n) is 3.75. The molecule has 0 radical (unpaired) electrons. The first-order chi connectivity index (χ1) is 7.56. The van der Waals surface area contributed by atoms with Gasteiger partial charge in [0.25, 0.3) is 0 Å². The highest BCUT2D eigenvalue weighted by Gasteiger charge is 2.26. The summed E-state index contributed by atoms with van der Waals surface area (Å²) in [5, 5.41) is 13.2. The van der Waals surface area contributed by atoms with Crippen LogP contribution in [0.5, 0.6) is 0 Å². The average molecular weight is 308 g/mol. The molecule has 0 aliphatic rings. The van der Waals surface area contributed by atoms with Gasteiger partial charge >= 0.3 is 0 Å². The number of hydrogen-bond donors (Lipinski definition) is 2. The average Bonchev–Trinajstić information content (AvgIpc) is 2.29. The fourth-order valence-electron chi connectivity index (χ4n) is 1.45. The number of anilines is 1. The molecule has 0 saturated carbocycles. The molecule has 1 rings (SSSR count). The summed E-state index contributed by atoms with van der Waals surface area (Å²) in [5.41, 5.74) is -0.343. The van der Waals surface area contributed by atoms with Crippen molar-refractivity contribution in [3.8, 4) is 0 Å². The van der Waals surface area contributed by atoms with Crippen molar-refractivity contribution in [2.24, 2.45) is 0 Å². The van der Waals surface area contributed by atoms with Crippen LogP contribution in [-0.2, 0) is 0 Å². The summed E-state index contributed by atoms with van der Waals surface area (Å²) < 4.78 is 0.839. The third-order valence-electron chi connectivity index (χ3n) is 2.85. The van der Waals surface area contributed by atoms with Crippen molar-refractivity contribution in [1.82, 2.24) is 4.98 Å². The first-order valence-corrected chi connectivity index (χ1v) is 6.44. The zero-order valence-electron chi connectivity index (χ0n) is 9.43. The van der Waals surface area contributed by atoms with Gasteiger partial charge in [0, 0.05) is 10.7 Å². The van der Waals surface area contributed by atoms with Crippen LogP contribution in [0, 0.1) is 0 Å². The summed E-state index contributed by atoms with van der Waals surface area (Å²) in [4.78, 5) is 4.21. The summed E-state index contributed by atoms with van der Waals surface area (Å²) in [6.45, 7) is 4.12. The summed E-state index contributed by atoms with van der Waals surface area (Å²) in [6, 6.07) is 1.78. The van der Waals surface area contributed by atoms with E-state index in [1.807, 2.05) is 13.8 Å². The van der Waals surface area contributed by atoms with Gasteiger partial charge in [0.1, 0.15) is 5.82 Å². The predicted molar refractivity (Wildman–Crippen MR) is 71.0 cm³/mol. The Morgan fingerprint density at radius 3 is 2.56 bits per heavy atom. The van der Waals surface area contributed by atoms with Crippen LogP contribution in [0.15, 0.2) is 16.7 Å². The summed E-state index contributed by atoms with van der Waals surface area (Å²) >= 11 is 9.37.